The lowest BCUT2D eigenvalue weighted by molar-refractivity contribution is 0.0725. The normalized spacial score (nSPS) is 15.0. The van der Waals surface area contributed by atoms with Gasteiger partial charge >= 0.3 is 0 Å². The lowest BCUT2D eigenvalue weighted by Crippen LogP contribution is -2.35. The second-order valence-electron chi connectivity index (χ2n) is 5.24. The highest BCUT2D eigenvalue weighted by molar-refractivity contribution is 5.99. The first-order valence-corrected chi connectivity index (χ1v) is 7.26. The summed E-state index contributed by atoms with van der Waals surface area (Å²) in [4.78, 5) is 14.5. The van der Waals surface area contributed by atoms with E-state index in [0.717, 1.165) is 42.9 Å². The molecule has 0 saturated carbocycles. The van der Waals surface area contributed by atoms with Gasteiger partial charge in [0.2, 0.25) is 0 Å². The number of rotatable bonds is 3. The van der Waals surface area contributed by atoms with Crippen LogP contribution in [-0.4, -0.2) is 41.2 Å². The van der Waals surface area contributed by atoms with Crippen LogP contribution < -0.4 is 4.74 Å². The molecule has 5 heteroatoms. The Labute approximate surface area is 123 Å². The number of hydrogen-bond acceptors (Lipinski definition) is 3. The zero-order valence-corrected chi connectivity index (χ0v) is 12.1. The molecule has 3 rings (SSSR count). The number of aromatic amines is 1. The summed E-state index contributed by atoms with van der Waals surface area (Å²) in [7, 11) is 1.64. The van der Waals surface area contributed by atoms with Gasteiger partial charge in [-0.1, -0.05) is 0 Å². The van der Waals surface area contributed by atoms with Crippen LogP contribution in [-0.2, 0) is 0 Å². The third-order valence-corrected chi connectivity index (χ3v) is 3.89. The molecule has 2 aromatic rings. The average Bonchev–Trinajstić information content (AvgIpc) is 3.04. The van der Waals surface area contributed by atoms with Crippen molar-refractivity contribution in [1.82, 2.24) is 15.1 Å². The summed E-state index contributed by atoms with van der Waals surface area (Å²) >= 11 is 0. The van der Waals surface area contributed by atoms with E-state index in [2.05, 4.69) is 10.2 Å². The van der Waals surface area contributed by atoms with E-state index in [1.807, 2.05) is 29.2 Å². The Bertz CT molecular complexity index is 613. The van der Waals surface area contributed by atoms with E-state index in [0.29, 0.717) is 5.56 Å². The van der Waals surface area contributed by atoms with Crippen LogP contribution in [0.4, 0.5) is 0 Å². The maximum atomic E-state index is 12.6. The molecule has 1 aromatic heterocycles. The topological polar surface area (TPSA) is 58.2 Å². The van der Waals surface area contributed by atoms with E-state index in [1.54, 1.807) is 13.3 Å². The van der Waals surface area contributed by atoms with Crippen LogP contribution in [0.1, 0.15) is 29.6 Å². The molecule has 0 aliphatic carbocycles. The largest absolute Gasteiger partial charge is 0.497 e. The molecule has 1 amide bonds. The Morgan fingerprint density at radius 3 is 2.57 bits per heavy atom. The van der Waals surface area contributed by atoms with Gasteiger partial charge < -0.3 is 9.64 Å². The smallest absolute Gasteiger partial charge is 0.257 e. The summed E-state index contributed by atoms with van der Waals surface area (Å²) in [6.07, 6.45) is 5.00. The average molecular weight is 285 g/mol. The van der Waals surface area contributed by atoms with Gasteiger partial charge in [-0.3, -0.25) is 9.89 Å². The van der Waals surface area contributed by atoms with Crippen LogP contribution in [0, 0.1) is 0 Å². The van der Waals surface area contributed by atoms with Gasteiger partial charge in [-0.2, -0.15) is 5.10 Å². The van der Waals surface area contributed by atoms with E-state index >= 15 is 0 Å². The van der Waals surface area contributed by atoms with Crippen LogP contribution >= 0.6 is 0 Å². The SMILES string of the molecule is COc1ccc(-c2[nH]ncc2C(=O)N2CCCCC2)cc1. The second kappa shape index (κ2) is 5.99. The Balaban J connectivity index is 1.87. The number of ether oxygens (including phenoxy) is 1. The summed E-state index contributed by atoms with van der Waals surface area (Å²) < 4.78 is 5.16. The molecule has 0 unspecified atom stereocenters. The molecule has 1 aliphatic rings. The number of likely N-dealkylation sites (tertiary alicyclic amines) is 1. The fourth-order valence-electron chi connectivity index (χ4n) is 2.69. The number of aromatic nitrogens is 2. The van der Waals surface area contributed by atoms with Crippen LogP contribution in [0.2, 0.25) is 0 Å². The Morgan fingerprint density at radius 2 is 1.90 bits per heavy atom. The summed E-state index contributed by atoms with van der Waals surface area (Å²) in [6.45, 7) is 1.68. The van der Waals surface area contributed by atoms with E-state index < -0.39 is 0 Å². The number of methoxy groups -OCH3 is 1. The molecule has 0 radical (unpaired) electrons. The number of H-pyrrole nitrogens is 1. The molecule has 1 saturated heterocycles. The third-order valence-electron chi connectivity index (χ3n) is 3.89. The van der Waals surface area contributed by atoms with Gasteiger partial charge in [0, 0.05) is 18.7 Å². The fraction of sp³-hybridized carbons (Fsp3) is 0.375. The minimum absolute atomic E-state index is 0.0641. The number of nitrogens with one attached hydrogen (secondary N) is 1. The molecule has 0 bridgehead atoms. The number of nitrogens with zero attached hydrogens (tertiary/aromatic N) is 2. The Hall–Kier alpha value is -2.30. The predicted molar refractivity (Wildman–Crippen MR) is 80.3 cm³/mol. The van der Waals surface area contributed by atoms with Gasteiger partial charge in [0.15, 0.2) is 0 Å². The molecular weight excluding hydrogens is 266 g/mol. The van der Waals surface area contributed by atoms with Gasteiger partial charge in [0.1, 0.15) is 5.75 Å². The van der Waals surface area contributed by atoms with Crippen LogP contribution in [0.5, 0.6) is 5.75 Å². The standard InChI is InChI=1S/C16H19N3O2/c1-21-13-7-5-12(6-8-13)15-14(11-17-18-15)16(20)19-9-3-2-4-10-19/h5-8,11H,2-4,9-10H2,1H3,(H,17,18). The van der Waals surface area contributed by atoms with Gasteiger partial charge in [0.05, 0.1) is 24.6 Å². The van der Waals surface area contributed by atoms with Crippen LogP contribution in [0.15, 0.2) is 30.5 Å². The zero-order chi connectivity index (χ0) is 14.7. The fourth-order valence-corrected chi connectivity index (χ4v) is 2.69. The number of carbonyl (C=O) groups excluding carboxylic acids is 1. The molecule has 110 valence electrons. The molecule has 21 heavy (non-hydrogen) atoms. The first-order valence-electron chi connectivity index (χ1n) is 7.26. The second-order valence-corrected chi connectivity index (χ2v) is 5.24. The number of carbonyl (C=O) groups is 1. The highest BCUT2D eigenvalue weighted by atomic mass is 16.5. The Kier molecular flexibility index (Phi) is 3.90. The summed E-state index contributed by atoms with van der Waals surface area (Å²) in [6, 6.07) is 7.62. The summed E-state index contributed by atoms with van der Waals surface area (Å²) in [5.41, 5.74) is 2.35. The van der Waals surface area contributed by atoms with Crippen LogP contribution in [0.3, 0.4) is 0 Å². The predicted octanol–water partition coefficient (Wildman–Crippen LogP) is 2.71. The quantitative estimate of drug-likeness (QED) is 0.943. The van der Waals surface area contributed by atoms with E-state index in [-0.39, 0.29) is 5.91 Å². The van der Waals surface area contributed by atoms with Crippen molar-refractivity contribution in [2.45, 2.75) is 19.3 Å². The molecule has 1 fully saturated rings. The summed E-state index contributed by atoms with van der Waals surface area (Å²) in [5.74, 6) is 0.858. The molecule has 2 heterocycles. The van der Waals surface area contributed by atoms with Gasteiger partial charge in [-0.15, -0.1) is 0 Å². The molecule has 5 nitrogen and oxygen atoms in total. The summed E-state index contributed by atoms with van der Waals surface area (Å²) in [5, 5.41) is 6.99. The van der Waals surface area contributed by atoms with E-state index in [1.165, 1.54) is 6.42 Å². The molecule has 0 atom stereocenters. The van der Waals surface area contributed by atoms with Crippen molar-refractivity contribution in [2.24, 2.45) is 0 Å². The number of amides is 1. The molecule has 1 aliphatic heterocycles. The van der Waals surface area contributed by atoms with Crippen molar-refractivity contribution in [3.05, 3.63) is 36.0 Å². The molecule has 1 aromatic carbocycles. The number of benzene rings is 1. The van der Waals surface area contributed by atoms with Crippen molar-refractivity contribution < 1.29 is 9.53 Å². The zero-order valence-electron chi connectivity index (χ0n) is 12.1. The molecular formula is C16H19N3O2. The lowest BCUT2D eigenvalue weighted by Gasteiger charge is -2.26. The van der Waals surface area contributed by atoms with Crippen molar-refractivity contribution in [2.75, 3.05) is 20.2 Å². The van der Waals surface area contributed by atoms with Crippen molar-refractivity contribution in [3.63, 3.8) is 0 Å². The minimum Gasteiger partial charge on any atom is -0.497 e. The van der Waals surface area contributed by atoms with E-state index in [9.17, 15) is 4.79 Å². The van der Waals surface area contributed by atoms with Gasteiger partial charge in [-0.05, 0) is 43.5 Å². The first-order chi connectivity index (χ1) is 10.3. The third kappa shape index (κ3) is 2.77. The van der Waals surface area contributed by atoms with Crippen molar-refractivity contribution >= 4 is 5.91 Å². The highest BCUT2D eigenvalue weighted by Gasteiger charge is 2.22. The highest BCUT2D eigenvalue weighted by Crippen LogP contribution is 2.25. The number of hydrogen-bond donors (Lipinski definition) is 1. The monoisotopic (exact) mass is 285 g/mol. The lowest BCUT2D eigenvalue weighted by atomic mass is 10.1. The van der Waals surface area contributed by atoms with Crippen molar-refractivity contribution in [1.29, 1.82) is 0 Å². The maximum Gasteiger partial charge on any atom is 0.257 e. The first kappa shape index (κ1) is 13.7. The van der Waals surface area contributed by atoms with Gasteiger partial charge in [0.25, 0.3) is 5.91 Å². The van der Waals surface area contributed by atoms with Crippen molar-refractivity contribution in [3.8, 4) is 17.0 Å². The van der Waals surface area contributed by atoms with E-state index in [4.69, 9.17) is 4.74 Å². The van der Waals surface area contributed by atoms with Gasteiger partial charge in [-0.25, -0.2) is 0 Å². The number of piperidine rings is 1. The Morgan fingerprint density at radius 1 is 1.19 bits per heavy atom. The molecule has 1 N–H and O–H groups in total. The van der Waals surface area contributed by atoms with Crippen LogP contribution in [0.25, 0.3) is 11.3 Å². The molecule has 0 spiro atoms. The maximum absolute atomic E-state index is 12.6. The minimum atomic E-state index is 0.0641.